The molecule has 0 unspecified atom stereocenters. The van der Waals surface area contributed by atoms with Crippen molar-refractivity contribution in [3.05, 3.63) is 0 Å². The molecule has 0 fully saturated rings. The van der Waals surface area contributed by atoms with E-state index in [4.69, 9.17) is 0 Å². The van der Waals surface area contributed by atoms with Gasteiger partial charge >= 0.3 is 0 Å². The molecule has 0 aromatic heterocycles. The minimum Gasteiger partial charge on any atom is -0.359 e. The first-order valence-electron chi connectivity index (χ1n) is 5.66. The van der Waals surface area contributed by atoms with E-state index in [-0.39, 0.29) is 5.91 Å². The van der Waals surface area contributed by atoms with Gasteiger partial charge in [0.2, 0.25) is 5.91 Å². The molecule has 0 bridgehead atoms. The maximum absolute atomic E-state index is 10.9. The average Bonchev–Trinajstić information content (AvgIpc) is 2.08. The quantitative estimate of drug-likeness (QED) is 0.654. The van der Waals surface area contributed by atoms with Gasteiger partial charge in [-0.2, -0.15) is 0 Å². The third-order valence-corrected chi connectivity index (χ3v) is 2.36. The molecule has 14 heavy (non-hydrogen) atoms. The van der Waals surface area contributed by atoms with Crippen LogP contribution in [-0.4, -0.2) is 13.0 Å². The zero-order valence-electron chi connectivity index (χ0n) is 10.2. The van der Waals surface area contributed by atoms with Gasteiger partial charge in [0.1, 0.15) is 0 Å². The molecular formula is C12H25NO. The number of rotatable bonds is 6. The molecule has 0 heterocycles. The number of hydrogen-bond donors (Lipinski definition) is 1. The van der Waals surface area contributed by atoms with Crippen LogP contribution in [0.25, 0.3) is 0 Å². The zero-order chi connectivity index (χ0) is 11.0. The van der Waals surface area contributed by atoms with Crippen molar-refractivity contribution in [3.8, 4) is 0 Å². The van der Waals surface area contributed by atoms with E-state index >= 15 is 0 Å². The molecule has 0 aromatic rings. The molecule has 1 amide bonds. The second-order valence-corrected chi connectivity index (χ2v) is 5.15. The Balaban J connectivity index is 3.18. The maximum atomic E-state index is 10.9. The van der Waals surface area contributed by atoms with Gasteiger partial charge in [-0.05, 0) is 18.3 Å². The minimum atomic E-state index is 0.167. The molecule has 0 radical (unpaired) electrons. The fourth-order valence-corrected chi connectivity index (χ4v) is 1.42. The molecular weight excluding hydrogens is 174 g/mol. The minimum absolute atomic E-state index is 0.167. The SMILES string of the molecule is CNC(=O)CCCCCCC(C)(C)C. The molecule has 84 valence electrons. The lowest BCUT2D eigenvalue weighted by Crippen LogP contribution is -2.16. The standard InChI is InChI=1S/C12H25NO/c1-12(2,3)10-8-6-5-7-9-11(14)13-4/h5-10H2,1-4H3,(H,13,14). The van der Waals surface area contributed by atoms with Crippen LogP contribution in [0.2, 0.25) is 0 Å². The van der Waals surface area contributed by atoms with E-state index in [1.807, 2.05) is 0 Å². The van der Waals surface area contributed by atoms with Crippen molar-refractivity contribution in [2.24, 2.45) is 5.41 Å². The van der Waals surface area contributed by atoms with Gasteiger partial charge < -0.3 is 5.32 Å². The summed E-state index contributed by atoms with van der Waals surface area (Å²) in [5.74, 6) is 0.167. The summed E-state index contributed by atoms with van der Waals surface area (Å²) in [6, 6.07) is 0. The maximum Gasteiger partial charge on any atom is 0.219 e. The number of carbonyl (C=O) groups is 1. The molecule has 0 aliphatic rings. The lowest BCUT2D eigenvalue weighted by atomic mass is 9.89. The first-order chi connectivity index (χ1) is 6.45. The van der Waals surface area contributed by atoms with E-state index in [2.05, 4.69) is 26.1 Å². The van der Waals surface area contributed by atoms with Crippen molar-refractivity contribution >= 4 is 5.91 Å². The van der Waals surface area contributed by atoms with Crippen LogP contribution < -0.4 is 5.32 Å². The summed E-state index contributed by atoms with van der Waals surface area (Å²) < 4.78 is 0. The van der Waals surface area contributed by atoms with E-state index in [1.165, 1.54) is 25.7 Å². The Morgan fingerprint density at radius 3 is 2.14 bits per heavy atom. The summed E-state index contributed by atoms with van der Waals surface area (Å²) in [6.45, 7) is 6.83. The molecule has 0 saturated heterocycles. The van der Waals surface area contributed by atoms with Crippen molar-refractivity contribution in [1.29, 1.82) is 0 Å². The largest absolute Gasteiger partial charge is 0.359 e. The molecule has 0 atom stereocenters. The predicted molar refractivity (Wildman–Crippen MR) is 61.2 cm³/mol. The van der Waals surface area contributed by atoms with Crippen LogP contribution in [-0.2, 0) is 4.79 Å². The van der Waals surface area contributed by atoms with Crippen LogP contribution in [0.3, 0.4) is 0 Å². The van der Waals surface area contributed by atoms with Crippen LogP contribution in [0.15, 0.2) is 0 Å². The number of unbranched alkanes of at least 4 members (excludes halogenated alkanes) is 3. The Bertz CT molecular complexity index is 158. The van der Waals surface area contributed by atoms with Crippen molar-refractivity contribution in [3.63, 3.8) is 0 Å². The molecule has 1 N–H and O–H groups in total. The van der Waals surface area contributed by atoms with Gasteiger partial charge in [0, 0.05) is 13.5 Å². The van der Waals surface area contributed by atoms with E-state index in [9.17, 15) is 4.79 Å². The molecule has 0 saturated carbocycles. The van der Waals surface area contributed by atoms with Gasteiger partial charge in [-0.1, -0.05) is 40.0 Å². The third-order valence-electron chi connectivity index (χ3n) is 2.36. The van der Waals surface area contributed by atoms with Crippen LogP contribution in [0.5, 0.6) is 0 Å². The highest BCUT2D eigenvalue weighted by atomic mass is 16.1. The highest BCUT2D eigenvalue weighted by molar-refractivity contribution is 5.75. The highest BCUT2D eigenvalue weighted by Crippen LogP contribution is 2.22. The van der Waals surface area contributed by atoms with E-state index < -0.39 is 0 Å². The zero-order valence-corrected chi connectivity index (χ0v) is 10.2. The Labute approximate surface area is 88.5 Å². The fourth-order valence-electron chi connectivity index (χ4n) is 1.42. The second kappa shape index (κ2) is 6.86. The highest BCUT2D eigenvalue weighted by Gasteiger charge is 2.08. The summed E-state index contributed by atoms with van der Waals surface area (Å²) >= 11 is 0. The summed E-state index contributed by atoms with van der Waals surface area (Å²) in [7, 11) is 1.70. The van der Waals surface area contributed by atoms with Crippen LogP contribution in [0.4, 0.5) is 0 Å². The molecule has 0 aromatic carbocycles. The number of nitrogens with one attached hydrogen (secondary N) is 1. The lowest BCUT2D eigenvalue weighted by molar-refractivity contribution is -0.120. The van der Waals surface area contributed by atoms with Gasteiger partial charge in [0.25, 0.3) is 0 Å². The van der Waals surface area contributed by atoms with Gasteiger partial charge in [-0.15, -0.1) is 0 Å². The van der Waals surface area contributed by atoms with Crippen molar-refractivity contribution in [2.45, 2.75) is 59.3 Å². The van der Waals surface area contributed by atoms with Gasteiger partial charge in [0.05, 0.1) is 0 Å². The summed E-state index contributed by atoms with van der Waals surface area (Å²) in [6.07, 6.45) is 6.73. The summed E-state index contributed by atoms with van der Waals surface area (Å²) in [5, 5.41) is 2.64. The normalized spacial score (nSPS) is 11.4. The molecule has 0 rings (SSSR count). The van der Waals surface area contributed by atoms with Crippen molar-refractivity contribution in [2.75, 3.05) is 7.05 Å². The predicted octanol–water partition coefficient (Wildman–Crippen LogP) is 3.12. The molecule has 0 aliphatic heterocycles. The Morgan fingerprint density at radius 1 is 1.07 bits per heavy atom. The Hall–Kier alpha value is -0.530. The van der Waals surface area contributed by atoms with E-state index in [0.717, 1.165) is 6.42 Å². The molecule has 0 aliphatic carbocycles. The topological polar surface area (TPSA) is 29.1 Å². The Morgan fingerprint density at radius 2 is 1.64 bits per heavy atom. The van der Waals surface area contributed by atoms with Crippen LogP contribution >= 0.6 is 0 Å². The summed E-state index contributed by atoms with van der Waals surface area (Å²) in [4.78, 5) is 10.9. The smallest absolute Gasteiger partial charge is 0.219 e. The monoisotopic (exact) mass is 199 g/mol. The third kappa shape index (κ3) is 9.56. The molecule has 0 spiro atoms. The number of carbonyl (C=O) groups excluding carboxylic acids is 1. The van der Waals surface area contributed by atoms with E-state index in [1.54, 1.807) is 7.05 Å². The first kappa shape index (κ1) is 13.5. The van der Waals surface area contributed by atoms with Gasteiger partial charge in [0.15, 0.2) is 0 Å². The number of amides is 1. The molecule has 2 heteroatoms. The van der Waals surface area contributed by atoms with Gasteiger partial charge in [-0.25, -0.2) is 0 Å². The van der Waals surface area contributed by atoms with Crippen LogP contribution in [0.1, 0.15) is 59.3 Å². The summed E-state index contributed by atoms with van der Waals surface area (Å²) in [5.41, 5.74) is 0.459. The average molecular weight is 199 g/mol. The van der Waals surface area contributed by atoms with Crippen LogP contribution in [0, 0.1) is 5.41 Å². The second-order valence-electron chi connectivity index (χ2n) is 5.15. The lowest BCUT2D eigenvalue weighted by Gasteiger charge is -2.17. The number of hydrogen-bond acceptors (Lipinski definition) is 1. The van der Waals surface area contributed by atoms with Crippen molar-refractivity contribution < 1.29 is 4.79 Å². The van der Waals surface area contributed by atoms with Gasteiger partial charge in [-0.3, -0.25) is 4.79 Å². The first-order valence-corrected chi connectivity index (χ1v) is 5.66. The van der Waals surface area contributed by atoms with Crippen molar-refractivity contribution in [1.82, 2.24) is 5.32 Å². The van der Waals surface area contributed by atoms with E-state index in [0.29, 0.717) is 11.8 Å². The molecule has 2 nitrogen and oxygen atoms in total. The Kier molecular flexibility index (Phi) is 6.60. The fraction of sp³-hybridized carbons (Fsp3) is 0.917.